The second-order valence-corrected chi connectivity index (χ2v) is 4.84. The van der Waals surface area contributed by atoms with Gasteiger partial charge in [0.1, 0.15) is 5.82 Å². The number of rotatable bonds is 4. The summed E-state index contributed by atoms with van der Waals surface area (Å²) < 4.78 is 2.19. The number of imidazole rings is 1. The van der Waals surface area contributed by atoms with Crippen LogP contribution in [0, 0.1) is 0 Å². The van der Waals surface area contributed by atoms with Gasteiger partial charge < -0.3 is 10.3 Å². The zero-order valence-corrected chi connectivity index (χ0v) is 10.9. The number of benzene rings is 1. The maximum atomic E-state index is 5.83. The van der Waals surface area contributed by atoms with Crippen molar-refractivity contribution in [2.75, 3.05) is 0 Å². The maximum absolute atomic E-state index is 5.83. The Morgan fingerprint density at radius 2 is 2.18 bits per heavy atom. The van der Waals surface area contributed by atoms with Gasteiger partial charge in [-0.3, -0.25) is 0 Å². The first-order valence-electron chi connectivity index (χ1n) is 6.31. The average Bonchev–Trinajstić information content (AvgIpc) is 2.55. The molecule has 1 heterocycles. The molecular formula is C14H21N3. The smallest absolute Gasteiger partial charge is 0.109 e. The van der Waals surface area contributed by atoms with E-state index in [1.54, 1.807) is 0 Å². The van der Waals surface area contributed by atoms with E-state index in [0.29, 0.717) is 0 Å². The molecule has 2 rings (SSSR count). The number of fused-ring (bicyclic) bond motifs is 1. The molecule has 0 radical (unpaired) electrons. The average molecular weight is 231 g/mol. The van der Waals surface area contributed by atoms with Crippen molar-refractivity contribution in [3.63, 3.8) is 0 Å². The van der Waals surface area contributed by atoms with Crippen molar-refractivity contribution in [2.45, 2.75) is 39.2 Å². The van der Waals surface area contributed by atoms with Crippen molar-refractivity contribution in [1.29, 1.82) is 0 Å². The van der Waals surface area contributed by atoms with Crippen LogP contribution in [0.1, 0.15) is 31.7 Å². The molecule has 0 saturated heterocycles. The fourth-order valence-corrected chi connectivity index (χ4v) is 2.24. The minimum Gasteiger partial charge on any atom is -0.331 e. The molecule has 1 aromatic heterocycles. The number of aryl methyl sites for hydroxylation is 2. The van der Waals surface area contributed by atoms with Crippen molar-refractivity contribution >= 4 is 11.0 Å². The zero-order valence-electron chi connectivity index (χ0n) is 10.9. The molecule has 3 nitrogen and oxygen atoms in total. The van der Waals surface area contributed by atoms with Crippen LogP contribution in [0.15, 0.2) is 18.2 Å². The molecule has 17 heavy (non-hydrogen) atoms. The number of nitrogens with zero attached hydrogens (tertiary/aromatic N) is 2. The summed E-state index contributed by atoms with van der Waals surface area (Å²) in [7, 11) is 2.09. The van der Waals surface area contributed by atoms with Gasteiger partial charge in [0.2, 0.25) is 0 Å². The third kappa shape index (κ3) is 2.50. The molecule has 0 fully saturated rings. The molecule has 1 unspecified atom stereocenters. The van der Waals surface area contributed by atoms with Crippen LogP contribution in [0.2, 0.25) is 0 Å². The van der Waals surface area contributed by atoms with E-state index in [0.717, 1.165) is 24.8 Å². The number of aromatic nitrogens is 2. The summed E-state index contributed by atoms with van der Waals surface area (Å²) >= 11 is 0. The molecule has 0 spiro atoms. The fraction of sp³-hybridized carbons (Fsp3) is 0.500. The summed E-state index contributed by atoms with van der Waals surface area (Å²) in [6.07, 6.45) is 3.08. The van der Waals surface area contributed by atoms with Gasteiger partial charge in [-0.15, -0.1) is 0 Å². The highest BCUT2D eigenvalue weighted by Crippen LogP contribution is 2.18. The maximum Gasteiger partial charge on any atom is 0.109 e. The second-order valence-electron chi connectivity index (χ2n) is 4.84. The van der Waals surface area contributed by atoms with Crippen molar-refractivity contribution in [2.24, 2.45) is 12.8 Å². The Kier molecular flexibility index (Phi) is 3.48. The predicted molar refractivity (Wildman–Crippen MR) is 72.1 cm³/mol. The van der Waals surface area contributed by atoms with Gasteiger partial charge in [-0.05, 0) is 37.5 Å². The van der Waals surface area contributed by atoms with E-state index in [9.17, 15) is 0 Å². The summed E-state index contributed by atoms with van der Waals surface area (Å²) in [5.41, 5.74) is 9.40. The SMILES string of the molecule is CCCc1nc2cc(CC(C)N)ccc2n1C. The van der Waals surface area contributed by atoms with E-state index in [2.05, 4.69) is 36.7 Å². The minimum atomic E-state index is 0.200. The third-order valence-corrected chi connectivity index (χ3v) is 3.07. The molecular weight excluding hydrogens is 210 g/mol. The van der Waals surface area contributed by atoms with Gasteiger partial charge in [-0.1, -0.05) is 13.0 Å². The lowest BCUT2D eigenvalue weighted by atomic mass is 10.1. The molecule has 1 atom stereocenters. The van der Waals surface area contributed by atoms with E-state index in [-0.39, 0.29) is 6.04 Å². The third-order valence-electron chi connectivity index (χ3n) is 3.07. The van der Waals surface area contributed by atoms with E-state index >= 15 is 0 Å². The molecule has 0 aliphatic heterocycles. The molecule has 2 aromatic rings. The number of hydrogen-bond donors (Lipinski definition) is 1. The van der Waals surface area contributed by atoms with E-state index in [1.807, 2.05) is 6.92 Å². The molecule has 0 aliphatic carbocycles. The monoisotopic (exact) mass is 231 g/mol. The molecule has 0 saturated carbocycles. The topological polar surface area (TPSA) is 43.8 Å². The Hall–Kier alpha value is -1.35. The van der Waals surface area contributed by atoms with E-state index in [1.165, 1.54) is 16.9 Å². The minimum absolute atomic E-state index is 0.200. The summed E-state index contributed by atoms with van der Waals surface area (Å²) in [5.74, 6) is 1.17. The van der Waals surface area contributed by atoms with Gasteiger partial charge in [-0.2, -0.15) is 0 Å². The highest BCUT2D eigenvalue weighted by atomic mass is 15.1. The highest BCUT2D eigenvalue weighted by molar-refractivity contribution is 5.76. The second kappa shape index (κ2) is 4.88. The number of nitrogens with two attached hydrogens (primary N) is 1. The van der Waals surface area contributed by atoms with Crippen LogP contribution < -0.4 is 5.73 Å². The molecule has 0 amide bonds. The van der Waals surface area contributed by atoms with E-state index in [4.69, 9.17) is 10.7 Å². The van der Waals surface area contributed by atoms with Crippen LogP contribution in [0.25, 0.3) is 11.0 Å². The predicted octanol–water partition coefficient (Wildman–Crippen LogP) is 2.42. The van der Waals surface area contributed by atoms with Crippen LogP contribution in [0.4, 0.5) is 0 Å². The molecule has 0 bridgehead atoms. The van der Waals surface area contributed by atoms with Gasteiger partial charge in [0.25, 0.3) is 0 Å². The largest absolute Gasteiger partial charge is 0.331 e. The Balaban J connectivity index is 2.40. The summed E-state index contributed by atoms with van der Waals surface area (Å²) in [6.45, 7) is 4.21. The molecule has 2 N–H and O–H groups in total. The van der Waals surface area contributed by atoms with Gasteiger partial charge >= 0.3 is 0 Å². The van der Waals surface area contributed by atoms with Gasteiger partial charge in [0.05, 0.1) is 11.0 Å². The van der Waals surface area contributed by atoms with Crippen molar-refractivity contribution < 1.29 is 0 Å². The van der Waals surface area contributed by atoms with Crippen molar-refractivity contribution in [3.05, 3.63) is 29.6 Å². The Morgan fingerprint density at radius 3 is 2.82 bits per heavy atom. The number of hydrogen-bond acceptors (Lipinski definition) is 2. The fourth-order valence-electron chi connectivity index (χ4n) is 2.24. The Morgan fingerprint density at radius 1 is 1.41 bits per heavy atom. The summed E-state index contributed by atoms with van der Waals surface area (Å²) in [5, 5.41) is 0. The molecule has 3 heteroatoms. The lowest BCUT2D eigenvalue weighted by Crippen LogP contribution is -2.17. The van der Waals surface area contributed by atoms with Gasteiger partial charge in [0, 0.05) is 19.5 Å². The first-order valence-corrected chi connectivity index (χ1v) is 6.31. The molecule has 0 aliphatic rings. The van der Waals surface area contributed by atoms with Gasteiger partial charge in [0.15, 0.2) is 0 Å². The summed E-state index contributed by atoms with van der Waals surface area (Å²) in [6, 6.07) is 6.67. The Bertz CT molecular complexity index is 511. The lowest BCUT2D eigenvalue weighted by Gasteiger charge is -2.05. The van der Waals surface area contributed by atoms with Crippen LogP contribution in [0.3, 0.4) is 0 Å². The molecule has 1 aromatic carbocycles. The Labute approximate surface area is 103 Å². The first-order chi connectivity index (χ1) is 8.11. The van der Waals surface area contributed by atoms with Gasteiger partial charge in [-0.25, -0.2) is 4.98 Å². The first kappa shape index (κ1) is 12.1. The highest BCUT2D eigenvalue weighted by Gasteiger charge is 2.08. The zero-order chi connectivity index (χ0) is 12.4. The normalized spacial score (nSPS) is 13.2. The van der Waals surface area contributed by atoms with Crippen LogP contribution in [-0.4, -0.2) is 15.6 Å². The van der Waals surface area contributed by atoms with Crippen molar-refractivity contribution in [3.8, 4) is 0 Å². The van der Waals surface area contributed by atoms with Crippen LogP contribution in [0.5, 0.6) is 0 Å². The van der Waals surface area contributed by atoms with Crippen LogP contribution >= 0.6 is 0 Å². The standard InChI is InChI=1S/C14H21N3/c1-4-5-14-16-12-9-11(8-10(2)15)6-7-13(12)17(14)3/h6-7,9-10H,4-5,8,15H2,1-3H3. The molecule has 92 valence electrons. The van der Waals surface area contributed by atoms with Crippen molar-refractivity contribution in [1.82, 2.24) is 9.55 Å². The van der Waals surface area contributed by atoms with Crippen LogP contribution in [-0.2, 0) is 19.9 Å². The summed E-state index contributed by atoms with van der Waals surface area (Å²) in [4.78, 5) is 4.69. The van der Waals surface area contributed by atoms with E-state index < -0.39 is 0 Å². The quantitative estimate of drug-likeness (QED) is 0.878. The lowest BCUT2D eigenvalue weighted by molar-refractivity contribution is 0.738.